The van der Waals surface area contributed by atoms with E-state index in [1.165, 1.54) is 0 Å². The van der Waals surface area contributed by atoms with Crippen LogP contribution < -0.4 is 10.2 Å². The quantitative estimate of drug-likeness (QED) is 0.926. The molecule has 126 valence electrons. The molecule has 0 saturated carbocycles. The van der Waals surface area contributed by atoms with E-state index < -0.39 is 0 Å². The van der Waals surface area contributed by atoms with Crippen LogP contribution in [-0.4, -0.2) is 50.7 Å². The lowest BCUT2D eigenvalue weighted by Crippen LogP contribution is -2.41. The third-order valence-electron chi connectivity index (χ3n) is 4.04. The molecule has 2 amide bonds. The number of rotatable bonds is 4. The zero-order valence-electron chi connectivity index (χ0n) is 14.0. The van der Waals surface area contributed by atoms with Crippen LogP contribution in [0.25, 0.3) is 0 Å². The van der Waals surface area contributed by atoms with Gasteiger partial charge in [-0.25, -0.2) is 4.79 Å². The van der Waals surface area contributed by atoms with Gasteiger partial charge >= 0.3 is 6.09 Å². The highest BCUT2D eigenvalue weighted by molar-refractivity contribution is 5.92. The molecule has 1 aliphatic rings. The third kappa shape index (κ3) is 4.61. The van der Waals surface area contributed by atoms with E-state index in [0.29, 0.717) is 32.5 Å². The van der Waals surface area contributed by atoms with Gasteiger partial charge in [-0.05, 0) is 44.0 Å². The van der Waals surface area contributed by atoms with Gasteiger partial charge in [0.15, 0.2) is 0 Å². The Labute approximate surface area is 137 Å². The van der Waals surface area contributed by atoms with Crippen molar-refractivity contribution in [1.82, 2.24) is 4.90 Å². The molecule has 1 N–H and O–H groups in total. The van der Waals surface area contributed by atoms with E-state index in [9.17, 15) is 9.59 Å². The van der Waals surface area contributed by atoms with E-state index >= 15 is 0 Å². The number of amides is 2. The highest BCUT2D eigenvalue weighted by atomic mass is 16.6. The average molecular weight is 319 g/mol. The normalized spacial score (nSPS) is 15.2. The van der Waals surface area contributed by atoms with Crippen molar-refractivity contribution in [2.45, 2.75) is 19.8 Å². The fourth-order valence-corrected chi connectivity index (χ4v) is 2.63. The van der Waals surface area contributed by atoms with Crippen LogP contribution in [-0.2, 0) is 9.53 Å². The molecule has 1 aromatic rings. The van der Waals surface area contributed by atoms with Gasteiger partial charge in [0.1, 0.15) is 0 Å². The molecule has 0 spiro atoms. The first-order valence-corrected chi connectivity index (χ1v) is 8.01. The molecule has 6 nitrogen and oxygen atoms in total. The second kappa shape index (κ2) is 7.85. The minimum absolute atomic E-state index is 0.0195. The lowest BCUT2D eigenvalue weighted by Gasteiger charge is -2.30. The van der Waals surface area contributed by atoms with Gasteiger partial charge in [0.05, 0.1) is 6.61 Å². The van der Waals surface area contributed by atoms with E-state index in [2.05, 4.69) is 5.32 Å². The summed E-state index contributed by atoms with van der Waals surface area (Å²) >= 11 is 0. The lowest BCUT2D eigenvalue weighted by molar-refractivity contribution is -0.121. The first-order chi connectivity index (χ1) is 11.0. The van der Waals surface area contributed by atoms with Crippen LogP contribution in [0.4, 0.5) is 16.2 Å². The molecule has 0 bridgehead atoms. The zero-order chi connectivity index (χ0) is 16.8. The molecule has 1 fully saturated rings. The molecule has 0 aromatic heterocycles. The maximum atomic E-state index is 12.3. The van der Waals surface area contributed by atoms with Crippen LogP contribution in [0.3, 0.4) is 0 Å². The lowest BCUT2D eigenvalue weighted by atomic mass is 9.96. The van der Waals surface area contributed by atoms with Crippen LogP contribution in [0.15, 0.2) is 24.3 Å². The Morgan fingerprint density at radius 1 is 1.22 bits per heavy atom. The molecule has 1 saturated heterocycles. The second-order valence-electron chi connectivity index (χ2n) is 5.89. The summed E-state index contributed by atoms with van der Waals surface area (Å²) in [5, 5.41) is 2.95. The van der Waals surface area contributed by atoms with Crippen molar-refractivity contribution in [3.8, 4) is 0 Å². The van der Waals surface area contributed by atoms with Gasteiger partial charge in [-0.1, -0.05) is 0 Å². The van der Waals surface area contributed by atoms with Gasteiger partial charge in [0.2, 0.25) is 5.91 Å². The largest absolute Gasteiger partial charge is 0.450 e. The molecule has 0 radical (unpaired) electrons. The molecular weight excluding hydrogens is 294 g/mol. The monoisotopic (exact) mass is 319 g/mol. The van der Waals surface area contributed by atoms with Crippen LogP contribution in [0.5, 0.6) is 0 Å². The Balaban J connectivity index is 1.84. The SMILES string of the molecule is CCOC(=O)N1CCC(C(=O)Nc2ccc(N(C)C)cc2)CC1. The molecule has 6 heteroatoms. The van der Waals surface area contributed by atoms with E-state index in [-0.39, 0.29) is 17.9 Å². The Morgan fingerprint density at radius 2 is 1.83 bits per heavy atom. The molecule has 0 aliphatic carbocycles. The summed E-state index contributed by atoms with van der Waals surface area (Å²) in [5.41, 5.74) is 1.89. The number of nitrogens with zero attached hydrogens (tertiary/aromatic N) is 2. The Bertz CT molecular complexity index is 535. The number of nitrogens with one attached hydrogen (secondary N) is 1. The van der Waals surface area contributed by atoms with Gasteiger partial charge in [-0.3, -0.25) is 4.79 Å². The predicted octanol–water partition coefficient (Wildman–Crippen LogP) is 2.56. The number of anilines is 2. The van der Waals surface area contributed by atoms with Crippen LogP contribution in [0.2, 0.25) is 0 Å². The van der Waals surface area contributed by atoms with Gasteiger partial charge in [-0.15, -0.1) is 0 Å². The fraction of sp³-hybridized carbons (Fsp3) is 0.529. The topological polar surface area (TPSA) is 61.9 Å². The summed E-state index contributed by atoms with van der Waals surface area (Å²) in [6.07, 6.45) is 1.05. The highest BCUT2D eigenvalue weighted by Crippen LogP contribution is 2.21. The molecule has 1 heterocycles. The molecule has 23 heavy (non-hydrogen) atoms. The van der Waals surface area contributed by atoms with Crippen LogP contribution >= 0.6 is 0 Å². The smallest absolute Gasteiger partial charge is 0.409 e. The number of likely N-dealkylation sites (tertiary alicyclic amines) is 1. The Morgan fingerprint density at radius 3 is 2.35 bits per heavy atom. The molecule has 2 rings (SSSR count). The van der Waals surface area contributed by atoms with Crippen molar-refractivity contribution in [3.63, 3.8) is 0 Å². The number of piperidine rings is 1. The number of benzene rings is 1. The zero-order valence-corrected chi connectivity index (χ0v) is 14.0. The average Bonchev–Trinajstić information content (AvgIpc) is 2.55. The fourth-order valence-electron chi connectivity index (χ4n) is 2.63. The van der Waals surface area contributed by atoms with Crippen LogP contribution in [0, 0.1) is 5.92 Å². The van der Waals surface area contributed by atoms with Gasteiger partial charge in [-0.2, -0.15) is 0 Å². The van der Waals surface area contributed by atoms with Crippen molar-refractivity contribution >= 4 is 23.4 Å². The summed E-state index contributed by atoms with van der Waals surface area (Å²) in [7, 11) is 3.95. The van der Waals surface area contributed by atoms with Crippen molar-refractivity contribution in [1.29, 1.82) is 0 Å². The maximum absolute atomic E-state index is 12.3. The number of carbonyl (C=O) groups is 2. The Hall–Kier alpha value is -2.24. The molecule has 0 atom stereocenters. The molecule has 0 unspecified atom stereocenters. The van der Waals surface area contributed by atoms with Gasteiger partial charge < -0.3 is 19.9 Å². The summed E-state index contributed by atoms with van der Waals surface area (Å²) < 4.78 is 4.99. The third-order valence-corrected chi connectivity index (χ3v) is 4.04. The summed E-state index contributed by atoms with van der Waals surface area (Å²) in [6, 6.07) is 7.75. The maximum Gasteiger partial charge on any atom is 0.409 e. The number of hydrogen-bond acceptors (Lipinski definition) is 4. The molecule has 1 aliphatic heterocycles. The standard InChI is InChI=1S/C17H25N3O3/c1-4-23-17(22)20-11-9-13(10-12-20)16(21)18-14-5-7-15(8-6-14)19(2)3/h5-8,13H,4,9-12H2,1-3H3,(H,18,21). The second-order valence-corrected chi connectivity index (χ2v) is 5.89. The van der Waals surface area contributed by atoms with Gasteiger partial charge in [0, 0.05) is 44.5 Å². The molecular formula is C17H25N3O3. The minimum Gasteiger partial charge on any atom is -0.450 e. The first kappa shape index (κ1) is 17.1. The summed E-state index contributed by atoms with van der Waals surface area (Å²) in [4.78, 5) is 27.7. The van der Waals surface area contributed by atoms with Crippen LogP contribution in [0.1, 0.15) is 19.8 Å². The first-order valence-electron chi connectivity index (χ1n) is 8.01. The van der Waals surface area contributed by atoms with E-state index in [0.717, 1.165) is 11.4 Å². The van der Waals surface area contributed by atoms with E-state index in [4.69, 9.17) is 4.74 Å². The summed E-state index contributed by atoms with van der Waals surface area (Å²) in [5.74, 6) is -0.0414. The van der Waals surface area contributed by atoms with E-state index in [1.54, 1.807) is 11.8 Å². The number of carbonyl (C=O) groups excluding carboxylic acids is 2. The summed E-state index contributed by atoms with van der Waals surface area (Å²) in [6.45, 7) is 3.30. The van der Waals surface area contributed by atoms with Crippen molar-refractivity contribution in [2.24, 2.45) is 5.92 Å². The van der Waals surface area contributed by atoms with E-state index in [1.807, 2.05) is 43.3 Å². The highest BCUT2D eigenvalue weighted by Gasteiger charge is 2.27. The van der Waals surface area contributed by atoms with Crippen molar-refractivity contribution < 1.29 is 14.3 Å². The van der Waals surface area contributed by atoms with Gasteiger partial charge in [0.25, 0.3) is 0 Å². The minimum atomic E-state index is -0.286. The molecule has 1 aromatic carbocycles. The predicted molar refractivity (Wildman–Crippen MR) is 90.7 cm³/mol. The van der Waals surface area contributed by atoms with Crippen molar-refractivity contribution in [2.75, 3.05) is 44.0 Å². The number of ether oxygens (including phenoxy) is 1. The van der Waals surface area contributed by atoms with Crippen molar-refractivity contribution in [3.05, 3.63) is 24.3 Å². The Kier molecular flexibility index (Phi) is 5.84. The number of hydrogen-bond donors (Lipinski definition) is 1.